The number of carbonyl (C=O) groups excluding carboxylic acids is 4. The van der Waals surface area contributed by atoms with E-state index in [2.05, 4.69) is 16.8 Å². The summed E-state index contributed by atoms with van der Waals surface area (Å²) in [6, 6.07) is 3.05. The quantitative estimate of drug-likeness (QED) is 0.199. The minimum absolute atomic E-state index is 0.0229. The van der Waals surface area contributed by atoms with Crippen molar-refractivity contribution in [2.24, 2.45) is 0 Å². The number of fused-ring (bicyclic) bond motifs is 2. The number of rotatable bonds is 13. The van der Waals surface area contributed by atoms with Crippen LogP contribution in [0.5, 0.6) is 0 Å². The van der Waals surface area contributed by atoms with Crippen molar-refractivity contribution in [3.63, 3.8) is 0 Å². The first-order valence-corrected chi connectivity index (χ1v) is 21.3. The Hall–Kier alpha value is -3.10. The van der Waals surface area contributed by atoms with E-state index in [1.165, 1.54) is 21.9 Å². The number of unbranched alkanes of at least 4 members (excludes halogenated alkanes) is 1. The molecule has 302 valence electrons. The van der Waals surface area contributed by atoms with Crippen LogP contribution in [0.3, 0.4) is 0 Å². The van der Waals surface area contributed by atoms with E-state index in [-0.39, 0.29) is 49.1 Å². The lowest BCUT2D eigenvalue weighted by Gasteiger charge is -2.54. The van der Waals surface area contributed by atoms with E-state index >= 15 is 0 Å². The number of anilines is 1. The van der Waals surface area contributed by atoms with Crippen molar-refractivity contribution in [2.45, 2.75) is 109 Å². The summed E-state index contributed by atoms with van der Waals surface area (Å²) in [6.07, 6.45) is 3.16. The van der Waals surface area contributed by atoms with Crippen LogP contribution in [-0.4, -0.2) is 151 Å². The van der Waals surface area contributed by atoms with Crippen molar-refractivity contribution in [1.82, 2.24) is 24.5 Å². The Kier molecular flexibility index (Phi) is 13.9. The van der Waals surface area contributed by atoms with Gasteiger partial charge in [0.25, 0.3) is 5.91 Å². The third kappa shape index (κ3) is 9.82. The van der Waals surface area contributed by atoms with Gasteiger partial charge < -0.3 is 38.3 Å². The highest BCUT2D eigenvalue weighted by Gasteiger charge is 2.52. The molecule has 2 atom stereocenters. The van der Waals surface area contributed by atoms with E-state index < -0.39 is 49.2 Å². The average molecular weight is 779 g/mol. The lowest BCUT2D eigenvalue weighted by atomic mass is 9.93. The maximum Gasteiger partial charge on any atom is 0.410 e. The Bertz CT molecular complexity index is 1550. The summed E-state index contributed by atoms with van der Waals surface area (Å²) in [7, 11) is 0.273. The highest BCUT2D eigenvalue weighted by atomic mass is 31.2. The third-order valence-electron chi connectivity index (χ3n) is 10.9. The van der Waals surface area contributed by atoms with Gasteiger partial charge in [0.05, 0.1) is 31.0 Å². The largest absolute Gasteiger partial charge is 0.444 e. The third-order valence-corrected chi connectivity index (χ3v) is 12.9. The summed E-state index contributed by atoms with van der Waals surface area (Å²) in [5, 5.41) is 0. The molecular formula is C38H60FN6O8P. The molecule has 0 radical (unpaired) electrons. The highest BCUT2D eigenvalue weighted by molar-refractivity contribution is 7.54. The van der Waals surface area contributed by atoms with Crippen LogP contribution < -0.4 is 4.90 Å². The van der Waals surface area contributed by atoms with Crippen molar-refractivity contribution in [1.29, 1.82) is 0 Å². The monoisotopic (exact) mass is 778 g/mol. The van der Waals surface area contributed by atoms with E-state index in [0.717, 1.165) is 57.8 Å². The molecule has 14 nitrogen and oxygen atoms in total. The van der Waals surface area contributed by atoms with Crippen molar-refractivity contribution in [3.05, 3.63) is 29.6 Å². The summed E-state index contributed by atoms with van der Waals surface area (Å²) in [5.41, 5.74) is -0.355. The fraction of sp³-hybridized carbons (Fsp3) is 0.737. The predicted octanol–water partition coefficient (Wildman–Crippen LogP) is 5.01. The zero-order chi connectivity index (χ0) is 39.4. The van der Waals surface area contributed by atoms with Crippen LogP contribution in [0.15, 0.2) is 18.2 Å². The Labute approximate surface area is 319 Å². The van der Waals surface area contributed by atoms with Crippen LogP contribution in [0, 0.1) is 5.82 Å². The molecule has 4 amide bonds. The molecule has 4 aliphatic heterocycles. The van der Waals surface area contributed by atoms with Crippen LogP contribution in [0.1, 0.15) is 89.9 Å². The molecule has 0 saturated carbocycles. The molecule has 0 bridgehead atoms. The van der Waals surface area contributed by atoms with Gasteiger partial charge in [0.2, 0.25) is 11.8 Å². The molecule has 0 spiro atoms. The maximum absolute atomic E-state index is 14.7. The van der Waals surface area contributed by atoms with Gasteiger partial charge in [0, 0.05) is 25.2 Å². The molecule has 4 heterocycles. The number of hydrogen-bond donors (Lipinski definition) is 0. The predicted molar refractivity (Wildman–Crippen MR) is 203 cm³/mol. The van der Waals surface area contributed by atoms with E-state index in [1.807, 2.05) is 32.7 Å². The molecular weight excluding hydrogens is 718 g/mol. The van der Waals surface area contributed by atoms with E-state index in [0.29, 0.717) is 32.0 Å². The van der Waals surface area contributed by atoms with Gasteiger partial charge in [-0.25, -0.2) is 9.18 Å². The van der Waals surface area contributed by atoms with Gasteiger partial charge in [-0.3, -0.25) is 23.8 Å². The number of hydrogen-bond acceptors (Lipinski definition) is 10. The van der Waals surface area contributed by atoms with Gasteiger partial charge in [-0.15, -0.1) is 0 Å². The van der Waals surface area contributed by atoms with E-state index in [9.17, 15) is 28.1 Å². The number of benzene rings is 1. The molecule has 3 fully saturated rings. The summed E-state index contributed by atoms with van der Waals surface area (Å²) in [5.74, 6) is -1.91. The first-order chi connectivity index (χ1) is 25.6. The number of piperidine rings is 2. The van der Waals surface area contributed by atoms with Crippen LogP contribution in [-0.2, 0) is 27.9 Å². The lowest BCUT2D eigenvalue weighted by Crippen LogP contribution is -2.72. The molecule has 1 aromatic rings. The fourth-order valence-corrected chi connectivity index (χ4v) is 9.73. The molecule has 16 heteroatoms. The molecule has 1 aromatic carbocycles. The van der Waals surface area contributed by atoms with Crippen molar-refractivity contribution in [2.75, 3.05) is 77.6 Å². The second kappa shape index (κ2) is 17.8. The minimum atomic E-state index is -3.85. The fourth-order valence-electron chi connectivity index (χ4n) is 8.20. The average Bonchev–Trinajstić information content (AvgIpc) is 3.11. The van der Waals surface area contributed by atoms with Gasteiger partial charge in [-0.2, -0.15) is 0 Å². The van der Waals surface area contributed by atoms with Gasteiger partial charge in [0.15, 0.2) is 0 Å². The molecule has 1 unspecified atom stereocenters. The molecule has 0 N–H and O–H groups in total. The number of halogens is 1. The number of likely N-dealkylation sites (tertiary alicyclic amines) is 2. The minimum Gasteiger partial charge on any atom is -0.444 e. The smallest absolute Gasteiger partial charge is 0.410 e. The number of amides is 4. The second-order valence-electron chi connectivity index (χ2n) is 15.9. The normalized spacial score (nSPS) is 22.2. The first kappa shape index (κ1) is 42.1. The Morgan fingerprint density at radius 2 is 1.63 bits per heavy atom. The van der Waals surface area contributed by atoms with Crippen LogP contribution in [0.25, 0.3) is 0 Å². The van der Waals surface area contributed by atoms with Crippen LogP contribution in [0.2, 0.25) is 0 Å². The first-order valence-electron chi connectivity index (χ1n) is 19.5. The zero-order valence-corrected chi connectivity index (χ0v) is 34.0. The summed E-state index contributed by atoms with van der Waals surface area (Å²) >= 11 is 0. The Morgan fingerprint density at radius 1 is 0.981 bits per heavy atom. The maximum atomic E-state index is 14.7. The van der Waals surface area contributed by atoms with Crippen LogP contribution >= 0.6 is 7.60 Å². The summed E-state index contributed by atoms with van der Waals surface area (Å²) < 4.78 is 44.9. The Morgan fingerprint density at radius 3 is 2.24 bits per heavy atom. The van der Waals surface area contributed by atoms with Crippen molar-refractivity contribution in [3.8, 4) is 0 Å². The molecule has 5 rings (SSSR count). The lowest BCUT2D eigenvalue weighted by molar-refractivity contribution is -0.148. The van der Waals surface area contributed by atoms with Crippen molar-refractivity contribution < 1.29 is 41.9 Å². The highest BCUT2D eigenvalue weighted by Crippen LogP contribution is 2.49. The molecule has 0 aromatic heterocycles. The van der Waals surface area contributed by atoms with Gasteiger partial charge in [-0.1, -0.05) is 0 Å². The number of piperazine rings is 1. The standard InChI is InChI=1S/C38H60FN6O8P/c1-8-51-54(50,52-9-2)26-34(46)44-31-14-13-27(39)24-30(31)35(47)45-32(36(48)43(25-33(44)45)29-15-20-40(6)21-16-29)12-10-11-19-41(7)28-17-22-42(23-18-28)37(49)53-38(3,4)5/h13-14,24,28-29,32-33H,8-12,15-23,25-26H2,1-7H3/t32-,33?/m0/s1. The Balaban J connectivity index is 1.35. The molecule has 0 aliphatic carbocycles. The number of nitrogens with zero attached hydrogens (tertiary/aromatic N) is 6. The van der Waals surface area contributed by atoms with Gasteiger partial charge >= 0.3 is 13.7 Å². The number of carbonyl (C=O) groups is 4. The summed E-state index contributed by atoms with van der Waals surface area (Å²) in [6.45, 7) is 12.8. The van der Waals surface area contributed by atoms with Gasteiger partial charge in [0.1, 0.15) is 29.8 Å². The van der Waals surface area contributed by atoms with Crippen molar-refractivity contribution >= 4 is 37.1 Å². The molecule has 4 aliphatic rings. The summed E-state index contributed by atoms with van der Waals surface area (Å²) in [4.78, 5) is 66.7. The second-order valence-corrected chi connectivity index (χ2v) is 18.0. The number of ether oxygens (including phenoxy) is 1. The zero-order valence-electron chi connectivity index (χ0n) is 33.1. The van der Waals surface area contributed by atoms with E-state index in [1.54, 1.807) is 18.7 Å². The SMILES string of the molecule is CCOP(=O)(CC(=O)N1c2ccc(F)cc2C(=O)N2C1CN(C1CCN(C)CC1)C(=O)[C@@H]2CCCCN(C)C1CCN(C(=O)OC(C)(C)C)CC1)OCC. The molecule has 54 heavy (non-hydrogen) atoms. The van der Waals surface area contributed by atoms with Crippen LogP contribution in [0.4, 0.5) is 14.9 Å². The van der Waals surface area contributed by atoms with E-state index in [4.69, 9.17) is 13.8 Å². The van der Waals surface area contributed by atoms with Gasteiger partial charge in [-0.05, 0) is 131 Å². The topological polar surface area (TPSA) is 132 Å². The molecule has 3 saturated heterocycles.